The third-order valence-corrected chi connectivity index (χ3v) is 2.03. The predicted octanol–water partition coefficient (Wildman–Crippen LogP) is 0.737. The van der Waals surface area contributed by atoms with Crippen molar-refractivity contribution in [2.75, 3.05) is 4.90 Å². The van der Waals surface area contributed by atoms with E-state index in [1.807, 2.05) is 29.7 Å². The van der Waals surface area contributed by atoms with Crippen LogP contribution in [0, 0.1) is 0 Å². The van der Waals surface area contributed by atoms with Crippen LogP contribution in [0.3, 0.4) is 0 Å². The number of aryl methyl sites for hydroxylation is 1. The normalized spacial score (nSPS) is 14.2. The molecule has 1 aromatic rings. The molecule has 0 saturated carbocycles. The van der Waals surface area contributed by atoms with Crippen LogP contribution in [-0.4, -0.2) is 4.57 Å². The fourth-order valence-electron chi connectivity index (χ4n) is 1.26. The number of pyridine rings is 1. The van der Waals surface area contributed by atoms with Crippen molar-refractivity contribution in [1.29, 1.82) is 0 Å². The summed E-state index contributed by atoms with van der Waals surface area (Å²) in [4.78, 5) is 13.1. The van der Waals surface area contributed by atoms with Crippen LogP contribution in [0.15, 0.2) is 47.9 Å². The molecule has 4 nitrogen and oxygen atoms in total. The zero-order valence-electron chi connectivity index (χ0n) is 7.84. The largest absolute Gasteiger partial charge is 0.365 e. The summed E-state index contributed by atoms with van der Waals surface area (Å²) in [6, 6.07) is 3.35. The average Bonchev–Trinajstić information content (AvgIpc) is 2.23. The molecule has 0 radical (unpaired) electrons. The molecule has 14 heavy (non-hydrogen) atoms. The van der Waals surface area contributed by atoms with Crippen LogP contribution in [0.4, 0.5) is 5.69 Å². The molecule has 0 saturated heterocycles. The molecule has 4 heteroatoms. The van der Waals surface area contributed by atoms with Crippen molar-refractivity contribution in [3.63, 3.8) is 0 Å². The second-order valence-corrected chi connectivity index (χ2v) is 3.04. The van der Waals surface area contributed by atoms with Gasteiger partial charge >= 0.3 is 0 Å². The maximum Gasteiger partial charge on any atom is 0.250 e. The Hall–Kier alpha value is -1.97. The monoisotopic (exact) mass is 189 g/mol. The Balaban J connectivity index is 2.37. The average molecular weight is 189 g/mol. The highest BCUT2D eigenvalue weighted by atomic mass is 16.1. The van der Waals surface area contributed by atoms with Crippen LogP contribution in [0.25, 0.3) is 0 Å². The number of anilines is 1. The minimum Gasteiger partial charge on any atom is -0.365 e. The lowest BCUT2D eigenvalue weighted by Crippen LogP contribution is -2.19. The summed E-state index contributed by atoms with van der Waals surface area (Å²) < 4.78 is 1.55. The Morgan fingerprint density at radius 2 is 1.93 bits per heavy atom. The number of aromatic nitrogens is 1. The first kappa shape index (κ1) is 8.62. The molecule has 0 unspecified atom stereocenters. The number of nitrogens with zero attached hydrogens (tertiary/aromatic N) is 2. The highest BCUT2D eigenvalue weighted by molar-refractivity contribution is 5.51. The van der Waals surface area contributed by atoms with E-state index in [4.69, 9.17) is 0 Å². The van der Waals surface area contributed by atoms with Crippen molar-refractivity contribution in [2.45, 2.75) is 0 Å². The minimum atomic E-state index is -0.00292. The summed E-state index contributed by atoms with van der Waals surface area (Å²) in [5, 5.41) is 2.94. The molecule has 1 aliphatic rings. The molecule has 0 amide bonds. The van der Waals surface area contributed by atoms with Crippen LogP contribution >= 0.6 is 0 Å². The van der Waals surface area contributed by atoms with Crippen molar-refractivity contribution in [1.82, 2.24) is 9.88 Å². The van der Waals surface area contributed by atoms with Crippen LogP contribution in [0.1, 0.15) is 0 Å². The molecule has 2 heterocycles. The first-order chi connectivity index (χ1) is 6.77. The Kier molecular flexibility index (Phi) is 2.10. The molecule has 1 aromatic heterocycles. The quantitative estimate of drug-likeness (QED) is 0.708. The summed E-state index contributed by atoms with van der Waals surface area (Å²) in [7, 11) is 1.74. The van der Waals surface area contributed by atoms with Crippen LogP contribution in [0.2, 0.25) is 0 Å². The van der Waals surface area contributed by atoms with Crippen molar-refractivity contribution >= 4 is 5.69 Å². The fourth-order valence-corrected chi connectivity index (χ4v) is 1.26. The first-order valence-corrected chi connectivity index (χ1v) is 4.32. The van der Waals surface area contributed by atoms with E-state index in [-0.39, 0.29) is 5.56 Å². The summed E-state index contributed by atoms with van der Waals surface area (Å²) in [5.74, 6) is 0. The molecule has 2 rings (SSSR count). The maximum atomic E-state index is 11.2. The summed E-state index contributed by atoms with van der Waals surface area (Å²) in [5.41, 5.74) is 0.956. The van der Waals surface area contributed by atoms with Gasteiger partial charge in [0, 0.05) is 44.1 Å². The molecule has 72 valence electrons. The van der Waals surface area contributed by atoms with E-state index < -0.39 is 0 Å². The van der Waals surface area contributed by atoms with Crippen LogP contribution < -0.4 is 15.8 Å². The Morgan fingerprint density at radius 3 is 2.57 bits per heavy atom. The zero-order chi connectivity index (χ0) is 9.97. The third-order valence-electron chi connectivity index (χ3n) is 2.03. The van der Waals surface area contributed by atoms with E-state index in [1.54, 1.807) is 29.9 Å². The highest BCUT2D eigenvalue weighted by Gasteiger charge is 2.02. The van der Waals surface area contributed by atoms with Crippen molar-refractivity contribution in [3.8, 4) is 0 Å². The van der Waals surface area contributed by atoms with Crippen LogP contribution in [-0.2, 0) is 7.05 Å². The molecule has 1 aliphatic heterocycles. The Bertz CT molecular complexity index is 433. The summed E-state index contributed by atoms with van der Waals surface area (Å²) in [6.07, 6.45) is 9.22. The van der Waals surface area contributed by atoms with Crippen molar-refractivity contribution in [3.05, 3.63) is 53.5 Å². The molecular weight excluding hydrogens is 178 g/mol. The highest BCUT2D eigenvalue weighted by Crippen LogP contribution is 2.13. The van der Waals surface area contributed by atoms with E-state index in [0.29, 0.717) is 0 Å². The minimum absolute atomic E-state index is 0.00292. The van der Waals surface area contributed by atoms with E-state index in [0.717, 1.165) is 5.69 Å². The summed E-state index contributed by atoms with van der Waals surface area (Å²) >= 11 is 0. The van der Waals surface area contributed by atoms with Gasteiger partial charge in [-0.25, -0.2) is 0 Å². The topological polar surface area (TPSA) is 37.3 Å². The lowest BCUT2D eigenvalue weighted by atomic mass is 10.3. The lowest BCUT2D eigenvalue weighted by Gasteiger charge is -2.18. The molecular formula is C10H11N3O. The molecule has 0 aliphatic carbocycles. The number of hydrogen-bond donors (Lipinski definition) is 1. The van der Waals surface area contributed by atoms with Gasteiger partial charge in [0.15, 0.2) is 0 Å². The standard InChI is InChI=1S/C10H11N3O/c1-12-8-9(2-3-10(12)14)13-6-4-11-5-7-13/h2-8,11H,1H3. The smallest absolute Gasteiger partial charge is 0.250 e. The number of nitrogens with one attached hydrogen (secondary N) is 1. The number of hydrogen-bond acceptors (Lipinski definition) is 3. The van der Waals surface area contributed by atoms with Gasteiger partial charge in [0.25, 0.3) is 0 Å². The van der Waals surface area contributed by atoms with Crippen molar-refractivity contribution in [2.24, 2.45) is 7.05 Å². The van der Waals surface area contributed by atoms with E-state index >= 15 is 0 Å². The second kappa shape index (κ2) is 3.41. The van der Waals surface area contributed by atoms with E-state index in [9.17, 15) is 4.79 Å². The van der Waals surface area contributed by atoms with Gasteiger partial charge in [-0.2, -0.15) is 0 Å². The maximum absolute atomic E-state index is 11.2. The van der Waals surface area contributed by atoms with Gasteiger partial charge < -0.3 is 14.8 Å². The van der Waals surface area contributed by atoms with Gasteiger partial charge in [-0.05, 0) is 6.07 Å². The number of rotatable bonds is 1. The van der Waals surface area contributed by atoms with Gasteiger partial charge in [-0.15, -0.1) is 0 Å². The first-order valence-electron chi connectivity index (χ1n) is 4.32. The fraction of sp³-hybridized carbons (Fsp3) is 0.100. The van der Waals surface area contributed by atoms with Gasteiger partial charge in [0.05, 0.1) is 5.69 Å². The molecule has 0 spiro atoms. The molecule has 0 fully saturated rings. The van der Waals surface area contributed by atoms with Gasteiger partial charge in [-0.1, -0.05) is 0 Å². The third kappa shape index (κ3) is 1.54. The lowest BCUT2D eigenvalue weighted by molar-refractivity contribution is 0.857. The Morgan fingerprint density at radius 1 is 1.21 bits per heavy atom. The van der Waals surface area contributed by atoms with Crippen molar-refractivity contribution < 1.29 is 0 Å². The molecule has 0 aromatic carbocycles. The zero-order valence-corrected chi connectivity index (χ0v) is 7.84. The van der Waals surface area contributed by atoms with Crippen LogP contribution in [0.5, 0.6) is 0 Å². The second-order valence-electron chi connectivity index (χ2n) is 3.04. The molecule has 0 bridgehead atoms. The summed E-state index contributed by atoms with van der Waals surface area (Å²) in [6.45, 7) is 0. The molecule has 1 N–H and O–H groups in total. The SMILES string of the molecule is Cn1cc(N2C=CNC=C2)ccc1=O. The van der Waals surface area contributed by atoms with E-state index in [2.05, 4.69) is 5.32 Å². The molecule has 0 atom stereocenters. The van der Waals surface area contributed by atoms with E-state index in [1.165, 1.54) is 0 Å². The Labute approximate surface area is 81.8 Å². The van der Waals surface area contributed by atoms with Gasteiger partial charge in [-0.3, -0.25) is 4.79 Å². The predicted molar refractivity (Wildman–Crippen MR) is 55.6 cm³/mol. The van der Waals surface area contributed by atoms with Gasteiger partial charge in [0.1, 0.15) is 0 Å². The van der Waals surface area contributed by atoms with Gasteiger partial charge in [0.2, 0.25) is 5.56 Å².